The second-order valence-corrected chi connectivity index (χ2v) is 7.99. The minimum absolute atomic E-state index is 0. The van der Waals surface area contributed by atoms with Gasteiger partial charge in [0, 0.05) is 6.54 Å². The van der Waals surface area contributed by atoms with Crippen LogP contribution in [-0.2, 0) is 6.42 Å². The van der Waals surface area contributed by atoms with Gasteiger partial charge in [-0.2, -0.15) is 0 Å². The molecule has 0 saturated carbocycles. The molecule has 2 atom stereocenters. The lowest BCUT2D eigenvalue weighted by atomic mass is 9.88. The molecule has 2 aliphatic rings. The Labute approximate surface area is 168 Å². The number of phenolic OH excluding ortho intramolecular Hbond substituents is 1. The number of aromatic hydroxyl groups is 1. The number of halogens is 1. The number of hydrogen-bond donors (Lipinski definition) is 2. The van der Waals surface area contributed by atoms with Gasteiger partial charge in [-0.05, 0) is 79.8 Å². The smallest absolute Gasteiger partial charge is 0.119 e. The number of hydrogen-bond acceptors (Lipinski definition) is 3. The summed E-state index contributed by atoms with van der Waals surface area (Å²) in [7, 11) is 0. The Bertz CT molecular complexity index is 743. The number of rotatable bonds is 3. The normalized spacial score (nSPS) is 23.9. The Morgan fingerprint density at radius 1 is 0.889 bits per heavy atom. The number of benzene rings is 2. The highest BCUT2D eigenvalue weighted by atomic mass is 35.5. The summed E-state index contributed by atoms with van der Waals surface area (Å²) in [6.45, 7) is 3.25. The van der Waals surface area contributed by atoms with Crippen molar-refractivity contribution in [2.24, 2.45) is 5.92 Å². The molecule has 2 aromatic rings. The van der Waals surface area contributed by atoms with E-state index >= 15 is 0 Å². The Morgan fingerprint density at radius 2 is 1.56 bits per heavy atom. The maximum atomic E-state index is 10.6. The molecule has 1 fully saturated rings. The van der Waals surface area contributed by atoms with Crippen molar-refractivity contribution in [2.75, 3.05) is 19.6 Å². The van der Waals surface area contributed by atoms with Gasteiger partial charge in [-0.15, -0.1) is 12.4 Å². The number of piperidine rings is 1. The van der Waals surface area contributed by atoms with Crippen molar-refractivity contribution in [1.82, 2.24) is 4.90 Å². The van der Waals surface area contributed by atoms with E-state index < -0.39 is 0 Å². The molecule has 4 rings (SSSR count). The van der Waals surface area contributed by atoms with Crippen LogP contribution in [0.1, 0.15) is 54.4 Å². The molecule has 4 heteroatoms. The molecule has 0 amide bonds. The number of likely N-dealkylation sites (tertiary alicyclic amines) is 1. The van der Waals surface area contributed by atoms with Crippen molar-refractivity contribution < 1.29 is 10.2 Å². The van der Waals surface area contributed by atoms with Gasteiger partial charge in [-0.1, -0.05) is 42.5 Å². The standard InChI is InChI=1S/C23H29NO2.ClH/c25-22-8-4-3-6-20(22)19-11-13-24(14-12-19)16-17-9-10-18-5-1-2-7-21(18)23(26)15-17;/h1-8,17,19,23,25-26H,9-16H2;1H. The monoisotopic (exact) mass is 387 g/mol. The van der Waals surface area contributed by atoms with Crippen LogP contribution in [0.4, 0.5) is 0 Å². The summed E-state index contributed by atoms with van der Waals surface area (Å²) in [4.78, 5) is 2.56. The first-order valence-electron chi connectivity index (χ1n) is 9.97. The molecular formula is C23H30ClNO2. The van der Waals surface area contributed by atoms with Crippen LogP contribution in [0.15, 0.2) is 48.5 Å². The van der Waals surface area contributed by atoms with Gasteiger partial charge >= 0.3 is 0 Å². The zero-order valence-electron chi connectivity index (χ0n) is 15.8. The molecule has 1 heterocycles. The fraction of sp³-hybridized carbons (Fsp3) is 0.478. The lowest BCUT2D eigenvalue weighted by molar-refractivity contribution is 0.117. The predicted molar refractivity (Wildman–Crippen MR) is 112 cm³/mol. The average molecular weight is 388 g/mol. The number of phenols is 1. The Balaban J connectivity index is 0.00000210. The van der Waals surface area contributed by atoms with E-state index in [-0.39, 0.29) is 18.5 Å². The van der Waals surface area contributed by atoms with E-state index in [1.54, 1.807) is 6.07 Å². The molecule has 1 aliphatic heterocycles. The van der Waals surface area contributed by atoms with E-state index in [2.05, 4.69) is 29.2 Å². The zero-order valence-corrected chi connectivity index (χ0v) is 16.6. The van der Waals surface area contributed by atoms with Gasteiger partial charge in [-0.25, -0.2) is 0 Å². The minimum Gasteiger partial charge on any atom is -0.508 e. The van der Waals surface area contributed by atoms with E-state index in [0.717, 1.165) is 62.9 Å². The third kappa shape index (κ3) is 4.66. The summed E-state index contributed by atoms with van der Waals surface area (Å²) < 4.78 is 0. The highest BCUT2D eigenvalue weighted by molar-refractivity contribution is 5.85. The summed E-state index contributed by atoms with van der Waals surface area (Å²) in [5, 5.41) is 20.7. The number of aryl methyl sites for hydroxylation is 1. The summed E-state index contributed by atoms with van der Waals surface area (Å²) in [6, 6.07) is 16.1. The molecule has 0 bridgehead atoms. The van der Waals surface area contributed by atoms with Crippen LogP contribution in [0.25, 0.3) is 0 Å². The van der Waals surface area contributed by atoms with Crippen molar-refractivity contribution in [3.05, 3.63) is 65.2 Å². The molecule has 1 aliphatic carbocycles. The number of aliphatic hydroxyl groups is 1. The van der Waals surface area contributed by atoms with Crippen LogP contribution in [-0.4, -0.2) is 34.7 Å². The van der Waals surface area contributed by atoms with Crippen molar-refractivity contribution in [1.29, 1.82) is 0 Å². The van der Waals surface area contributed by atoms with E-state index in [0.29, 0.717) is 17.6 Å². The van der Waals surface area contributed by atoms with Gasteiger partial charge in [0.25, 0.3) is 0 Å². The Kier molecular flexibility index (Phi) is 6.80. The SMILES string of the molecule is Cl.Oc1ccccc1C1CCN(CC2CCc3ccccc3C(O)C2)CC1. The van der Waals surface area contributed by atoms with Crippen LogP contribution in [0.3, 0.4) is 0 Å². The van der Waals surface area contributed by atoms with Crippen LogP contribution in [0.2, 0.25) is 0 Å². The molecular weight excluding hydrogens is 358 g/mol. The fourth-order valence-electron chi connectivity index (χ4n) is 4.80. The van der Waals surface area contributed by atoms with E-state index in [1.807, 2.05) is 18.2 Å². The quantitative estimate of drug-likeness (QED) is 0.751. The summed E-state index contributed by atoms with van der Waals surface area (Å²) >= 11 is 0. The first-order valence-corrected chi connectivity index (χ1v) is 9.97. The molecule has 146 valence electrons. The second kappa shape index (κ2) is 9.09. The number of para-hydroxylation sites is 1. The third-order valence-corrected chi connectivity index (χ3v) is 6.27. The highest BCUT2D eigenvalue weighted by Crippen LogP contribution is 2.35. The van der Waals surface area contributed by atoms with Gasteiger partial charge in [-0.3, -0.25) is 0 Å². The predicted octanol–water partition coefficient (Wildman–Crippen LogP) is 4.68. The van der Waals surface area contributed by atoms with E-state index in [4.69, 9.17) is 0 Å². The van der Waals surface area contributed by atoms with Gasteiger partial charge < -0.3 is 15.1 Å². The van der Waals surface area contributed by atoms with E-state index in [9.17, 15) is 10.2 Å². The number of fused-ring (bicyclic) bond motifs is 1. The molecule has 0 radical (unpaired) electrons. The van der Waals surface area contributed by atoms with Crippen molar-refractivity contribution >= 4 is 12.4 Å². The van der Waals surface area contributed by atoms with Crippen LogP contribution in [0.5, 0.6) is 5.75 Å². The van der Waals surface area contributed by atoms with Crippen molar-refractivity contribution in [3.63, 3.8) is 0 Å². The number of aliphatic hydroxyl groups excluding tert-OH is 1. The van der Waals surface area contributed by atoms with Crippen LogP contribution < -0.4 is 0 Å². The van der Waals surface area contributed by atoms with Gasteiger partial charge in [0.2, 0.25) is 0 Å². The largest absolute Gasteiger partial charge is 0.508 e. The second-order valence-electron chi connectivity index (χ2n) is 7.99. The van der Waals surface area contributed by atoms with Crippen molar-refractivity contribution in [2.45, 2.75) is 44.1 Å². The van der Waals surface area contributed by atoms with Crippen molar-refractivity contribution in [3.8, 4) is 5.75 Å². The molecule has 2 N–H and O–H groups in total. The Hall–Kier alpha value is -1.55. The molecule has 1 saturated heterocycles. The molecule has 0 aromatic heterocycles. The van der Waals surface area contributed by atoms with Gasteiger partial charge in [0.05, 0.1) is 6.10 Å². The maximum Gasteiger partial charge on any atom is 0.119 e. The molecule has 2 aromatic carbocycles. The van der Waals surface area contributed by atoms with Crippen LogP contribution in [0, 0.1) is 5.92 Å². The number of nitrogens with zero attached hydrogens (tertiary/aromatic N) is 1. The van der Waals surface area contributed by atoms with E-state index in [1.165, 1.54) is 5.56 Å². The van der Waals surface area contributed by atoms with Crippen LogP contribution >= 0.6 is 12.4 Å². The lowest BCUT2D eigenvalue weighted by Crippen LogP contribution is -2.36. The molecule has 2 unspecified atom stereocenters. The fourth-order valence-corrected chi connectivity index (χ4v) is 4.80. The van der Waals surface area contributed by atoms with Gasteiger partial charge in [0.1, 0.15) is 5.75 Å². The third-order valence-electron chi connectivity index (χ3n) is 6.27. The first kappa shape index (κ1) is 20.2. The summed E-state index contributed by atoms with van der Waals surface area (Å²) in [5.74, 6) is 1.46. The maximum absolute atomic E-state index is 10.6. The molecule has 3 nitrogen and oxygen atoms in total. The summed E-state index contributed by atoms with van der Waals surface area (Å²) in [5.41, 5.74) is 3.56. The highest BCUT2D eigenvalue weighted by Gasteiger charge is 2.27. The van der Waals surface area contributed by atoms with Gasteiger partial charge in [0.15, 0.2) is 0 Å². The minimum atomic E-state index is -0.322. The Morgan fingerprint density at radius 3 is 2.30 bits per heavy atom. The zero-order chi connectivity index (χ0) is 17.9. The first-order chi connectivity index (χ1) is 12.7. The molecule has 27 heavy (non-hydrogen) atoms. The molecule has 0 spiro atoms. The summed E-state index contributed by atoms with van der Waals surface area (Å²) in [6.07, 6.45) is 4.99. The topological polar surface area (TPSA) is 43.7 Å². The average Bonchev–Trinajstić information content (AvgIpc) is 2.82. The lowest BCUT2D eigenvalue weighted by Gasteiger charge is -2.34.